The predicted molar refractivity (Wildman–Crippen MR) is 99.1 cm³/mol. The lowest BCUT2D eigenvalue weighted by Gasteiger charge is -2.16. The Kier molecular flexibility index (Phi) is 6.95. The van der Waals surface area contributed by atoms with Crippen LogP contribution < -0.4 is 10.6 Å². The lowest BCUT2D eigenvalue weighted by atomic mass is 10.2. The molecule has 0 atom stereocenters. The van der Waals surface area contributed by atoms with Crippen molar-refractivity contribution in [1.82, 2.24) is 0 Å². The third-order valence-corrected chi connectivity index (χ3v) is 5.94. The molecule has 0 amide bonds. The van der Waals surface area contributed by atoms with E-state index in [2.05, 4.69) is 0 Å². The number of aliphatic hydroxyl groups is 1. The molecular weight excluding hydrogens is 319 g/mol. The number of hydrogen-bond acceptors (Lipinski definition) is 3. The van der Waals surface area contributed by atoms with Crippen LogP contribution >= 0.6 is 7.37 Å². The number of rotatable bonds is 4. The number of aliphatic hydroxyl groups excluding tert-OH is 1. The molecular formula is C20H21O3P. The van der Waals surface area contributed by atoms with Crippen LogP contribution in [0, 0.1) is 0 Å². The quantitative estimate of drug-likeness (QED) is 0.736. The van der Waals surface area contributed by atoms with Gasteiger partial charge in [0.15, 0.2) is 0 Å². The summed E-state index contributed by atoms with van der Waals surface area (Å²) in [5.41, 5.74) is 0.965. The Morgan fingerprint density at radius 1 is 0.750 bits per heavy atom. The molecule has 0 unspecified atom stereocenters. The van der Waals surface area contributed by atoms with Gasteiger partial charge in [-0.2, -0.15) is 0 Å². The number of benzene rings is 3. The Morgan fingerprint density at radius 3 is 1.42 bits per heavy atom. The van der Waals surface area contributed by atoms with Crippen LogP contribution in [-0.2, 0) is 15.7 Å². The van der Waals surface area contributed by atoms with E-state index in [4.69, 9.17) is 9.63 Å². The van der Waals surface area contributed by atoms with Crippen LogP contribution in [0.5, 0.6) is 0 Å². The van der Waals surface area contributed by atoms with Gasteiger partial charge in [0.1, 0.15) is 0 Å². The van der Waals surface area contributed by atoms with Gasteiger partial charge in [0.2, 0.25) is 0 Å². The van der Waals surface area contributed by atoms with E-state index in [9.17, 15) is 4.57 Å². The van der Waals surface area contributed by atoms with E-state index in [0.29, 0.717) is 0 Å². The second-order valence-corrected chi connectivity index (χ2v) is 7.55. The lowest BCUT2D eigenvalue weighted by Crippen LogP contribution is -2.16. The molecule has 0 aliphatic heterocycles. The van der Waals surface area contributed by atoms with E-state index in [1.54, 1.807) is 0 Å². The Hall–Kier alpha value is -2.19. The monoisotopic (exact) mass is 340 g/mol. The van der Waals surface area contributed by atoms with Gasteiger partial charge in [0.25, 0.3) is 7.37 Å². The lowest BCUT2D eigenvalue weighted by molar-refractivity contribution is 0.282. The highest BCUT2D eigenvalue weighted by atomic mass is 31.2. The maximum absolute atomic E-state index is 12.8. The zero-order valence-corrected chi connectivity index (χ0v) is 14.5. The van der Waals surface area contributed by atoms with Crippen molar-refractivity contribution in [2.24, 2.45) is 0 Å². The van der Waals surface area contributed by atoms with Crippen molar-refractivity contribution < 1.29 is 14.2 Å². The van der Waals surface area contributed by atoms with Gasteiger partial charge in [0, 0.05) is 17.7 Å². The first-order chi connectivity index (χ1) is 11.7. The molecule has 3 rings (SSSR count). The first-order valence-electron chi connectivity index (χ1n) is 7.62. The van der Waals surface area contributed by atoms with Crippen LogP contribution in [0.15, 0.2) is 91.0 Å². The van der Waals surface area contributed by atoms with E-state index >= 15 is 0 Å². The SMILES string of the molecule is COP(=O)(c1ccccc1)c1ccccc1.OCc1ccccc1. The highest BCUT2D eigenvalue weighted by molar-refractivity contribution is 7.74. The Balaban J connectivity index is 0.000000219. The van der Waals surface area contributed by atoms with Crippen LogP contribution in [0.25, 0.3) is 0 Å². The second-order valence-electron chi connectivity index (χ2n) is 5.05. The molecule has 3 aromatic carbocycles. The van der Waals surface area contributed by atoms with E-state index in [1.807, 2.05) is 91.0 Å². The van der Waals surface area contributed by atoms with Crippen LogP contribution in [0.1, 0.15) is 5.56 Å². The molecule has 0 heterocycles. The molecule has 1 N–H and O–H groups in total. The maximum atomic E-state index is 12.8. The minimum Gasteiger partial charge on any atom is -0.392 e. The fourth-order valence-corrected chi connectivity index (χ4v) is 4.04. The first kappa shape index (κ1) is 18.2. The summed E-state index contributed by atoms with van der Waals surface area (Å²) in [6.07, 6.45) is 0. The molecule has 0 saturated carbocycles. The summed E-state index contributed by atoms with van der Waals surface area (Å²) < 4.78 is 18.0. The summed E-state index contributed by atoms with van der Waals surface area (Å²) in [6.45, 7) is 0.140. The summed E-state index contributed by atoms with van der Waals surface area (Å²) in [7, 11) is -1.42. The van der Waals surface area contributed by atoms with Gasteiger partial charge in [-0.25, -0.2) is 0 Å². The molecule has 24 heavy (non-hydrogen) atoms. The molecule has 3 nitrogen and oxygen atoms in total. The molecule has 4 heteroatoms. The Morgan fingerprint density at radius 2 is 1.12 bits per heavy atom. The summed E-state index contributed by atoms with van der Waals surface area (Å²) in [6, 6.07) is 28.1. The molecule has 0 aliphatic rings. The third-order valence-electron chi connectivity index (χ3n) is 3.47. The van der Waals surface area contributed by atoms with Gasteiger partial charge in [-0.3, -0.25) is 4.57 Å². The Labute approximate surface area is 143 Å². The van der Waals surface area contributed by atoms with Crippen LogP contribution in [0.2, 0.25) is 0 Å². The average Bonchev–Trinajstić information content (AvgIpc) is 2.70. The fraction of sp³-hybridized carbons (Fsp3) is 0.100. The van der Waals surface area contributed by atoms with Crippen molar-refractivity contribution in [1.29, 1.82) is 0 Å². The second kappa shape index (κ2) is 9.19. The van der Waals surface area contributed by atoms with Crippen LogP contribution in [0.3, 0.4) is 0 Å². The topological polar surface area (TPSA) is 46.5 Å². The fourth-order valence-electron chi connectivity index (χ4n) is 2.19. The van der Waals surface area contributed by atoms with Gasteiger partial charge in [-0.15, -0.1) is 0 Å². The highest BCUT2D eigenvalue weighted by Crippen LogP contribution is 2.43. The van der Waals surface area contributed by atoms with Crippen molar-refractivity contribution in [3.8, 4) is 0 Å². The minimum atomic E-state index is -2.90. The smallest absolute Gasteiger partial charge is 0.261 e. The third kappa shape index (κ3) is 4.65. The highest BCUT2D eigenvalue weighted by Gasteiger charge is 2.26. The molecule has 0 aromatic heterocycles. The van der Waals surface area contributed by atoms with Gasteiger partial charge in [-0.05, 0) is 29.8 Å². The van der Waals surface area contributed by atoms with E-state index in [-0.39, 0.29) is 6.61 Å². The van der Waals surface area contributed by atoms with Crippen LogP contribution in [0.4, 0.5) is 0 Å². The van der Waals surface area contributed by atoms with E-state index in [0.717, 1.165) is 16.2 Å². The molecule has 0 saturated heterocycles. The van der Waals surface area contributed by atoms with Gasteiger partial charge in [0.05, 0.1) is 6.61 Å². The van der Waals surface area contributed by atoms with E-state index in [1.165, 1.54) is 7.11 Å². The van der Waals surface area contributed by atoms with Crippen molar-refractivity contribution in [2.75, 3.05) is 7.11 Å². The number of hydrogen-bond donors (Lipinski definition) is 1. The van der Waals surface area contributed by atoms with Crippen LogP contribution in [-0.4, -0.2) is 12.2 Å². The maximum Gasteiger partial charge on any atom is 0.261 e. The largest absolute Gasteiger partial charge is 0.392 e. The molecule has 0 aliphatic carbocycles. The van der Waals surface area contributed by atoms with E-state index < -0.39 is 7.37 Å². The van der Waals surface area contributed by atoms with Crippen molar-refractivity contribution in [3.05, 3.63) is 96.6 Å². The molecule has 0 radical (unpaired) electrons. The minimum absolute atomic E-state index is 0.140. The summed E-state index contributed by atoms with van der Waals surface area (Å²) in [5.74, 6) is 0. The Bertz CT molecular complexity index is 715. The molecule has 0 fully saturated rings. The standard InChI is InChI=1S/C13H13O2P.C7H8O/c1-15-16(14,12-8-4-2-5-9-12)13-10-6-3-7-11-13;8-6-7-4-2-1-3-5-7/h2-11H,1H3;1-5,8H,6H2. The summed E-state index contributed by atoms with van der Waals surface area (Å²) in [4.78, 5) is 0. The molecule has 3 aromatic rings. The van der Waals surface area contributed by atoms with Gasteiger partial charge in [-0.1, -0.05) is 66.7 Å². The summed E-state index contributed by atoms with van der Waals surface area (Å²) in [5, 5.41) is 9.99. The van der Waals surface area contributed by atoms with Crippen molar-refractivity contribution in [2.45, 2.75) is 6.61 Å². The van der Waals surface area contributed by atoms with Crippen molar-refractivity contribution in [3.63, 3.8) is 0 Å². The average molecular weight is 340 g/mol. The normalized spacial score (nSPS) is 10.6. The molecule has 0 bridgehead atoms. The van der Waals surface area contributed by atoms with Gasteiger partial charge >= 0.3 is 0 Å². The zero-order valence-electron chi connectivity index (χ0n) is 13.6. The van der Waals surface area contributed by atoms with Crippen molar-refractivity contribution >= 4 is 18.0 Å². The molecule has 0 spiro atoms. The van der Waals surface area contributed by atoms with Gasteiger partial charge < -0.3 is 9.63 Å². The predicted octanol–water partition coefficient (Wildman–Crippen LogP) is 3.74. The zero-order chi connectivity index (χ0) is 17.3. The summed E-state index contributed by atoms with van der Waals surface area (Å²) >= 11 is 0. The first-order valence-corrected chi connectivity index (χ1v) is 9.25. The molecule has 124 valence electrons.